The van der Waals surface area contributed by atoms with Crippen LogP contribution < -0.4 is 29.6 Å². The van der Waals surface area contributed by atoms with Gasteiger partial charge in [0.1, 0.15) is 0 Å². The van der Waals surface area contributed by atoms with Crippen LogP contribution in [0.3, 0.4) is 0 Å². The van der Waals surface area contributed by atoms with Gasteiger partial charge in [0, 0.05) is 0 Å². The molecule has 0 radical (unpaired) electrons. The average molecular weight is 192 g/mol. The van der Waals surface area contributed by atoms with Crippen LogP contribution in [0.15, 0.2) is 55.1 Å². The van der Waals surface area contributed by atoms with Gasteiger partial charge in [-0.05, 0) is 22.8 Å². The maximum absolute atomic E-state index is 3.76. The molecule has 1 heteroatoms. The Morgan fingerprint density at radius 2 is 1.79 bits per heavy atom. The Morgan fingerprint density at radius 1 is 1.07 bits per heavy atom. The van der Waals surface area contributed by atoms with Crippen molar-refractivity contribution >= 4 is 10.8 Å². The monoisotopic (exact) mass is 192 g/mol. The van der Waals surface area contributed by atoms with E-state index in [0.29, 0.717) is 0 Å². The van der Waals surface area contributed by atoms with E-state index in [1.165, 1.54) is 16.3 Å². The van der Waals surface area contributed by atoms with Gasteiger partial charge in [0.15, 0.2) is 0 Å². The summed E-state index contributed by atoms with van der Waals surface area (Å²) >= 11 is 0. The fourth-order valence-corrected chi connectivity index (χ4v) is 1.63. The fourth-order valence-electron chi connectivity index (χ4n) is 1.63. The Labute approximate surface area is 108 Å². The second-order valence-electron chi connectivity index (χ2n) is 3.13. The molecule has 0 saturated heterocycles. The van der Waals surface area contributed by atoms with E-state index in [4.69, 9.17) is 0 Å². The molecule has 0 amide bonds. The molecule has 0 aliphatic rings. The summed E-state index contributed by atoms with van der Waals surface area (Å²) in [6.07, 6.45) is 2.89. The van der Waals surface area contributed by atoms with E-state index >= 15 is 0 Å². The van der Waals surface area contributed by atoms with Crippen molar-refractivity contribution in [3.05, 3.63) is 60.7 Å². The molecule has 2 aromatic rings. The van der Waals surface area contributed by atoms with Gasteiger partial charge in [-0.1, -0.05) is 48.5 Å². The number of hydrogen-bond donors (Lipinski definition) is 0. The molecule has 0 N–H and O–H groups in total. The molecular formula is C13H13Na. The number of rotatable bonds is 2. The summed E-state index contributed by atoms with van der Waals surface area (Å²) in [7, 11) is 0. The molecule has 0 fully saturated rings. The van der Waals surface area contributed by atoms with Crippen LogP contribution in [0, 0.1) is 0 Å². The second kappa shape index (κ2) is 5.35. The van der Waals surface area contributed by atoms with E-state index in [9.17, 15) is 0 Å². The van der Waals surface area contributed by atoms with Gasteiger partial charge in [0.25, 0.3) is 0 Å². The van der Waals surface area contributed by atoms with E-state index < -0.39 is 0 Å². The van der Waals surface area contributed by atoms with Crippen LogP contribution in [0.2, 0.25) is 0 Å². The Bertz CT molecular complexity index is 432. The third kappa shape index (κ3) is 2.27. The van der Waals surface area contributed by atoms with Crippen molar-refractivity contribution in [3.63, 3.8) is 0 Å². The summed E-state index contributed by atoms with van der Waals surface area (Å²) in [5.41, 5.74) is 1.35. The zero-order valence-electron chi connectivity index (χ0n) is 9.53. The molecule has 0 atom stereocenters. The molecular weight excluding hydrogens is 179 g/mol. The van der Waals surface area contributed by atoms with Gasteiger partial charge in [0.05, 0.1) is 0 Å². The molecule has 14 heavy (non-hydrogen) atoms. The SMILES string of the molecule is C=CCc1cccc2ccccc12.[H-].[Na+]. The van der Waals surface area contributed by atoms with Crippen molar-refractivity contribution in [2.24, 2.45) is 0 Å². The first-order valence-corrected chi connectivity index (χ1v) is 4.49. The van der Waals surface area contributed by atoms with Crippen LogP contribution in [0.5, 0.6) is 0 Å². The van der Waals surface area contributed by atoms with Gasteiger partial charge < -0.3 is 1.43 Å². The van der Waals surface area contributed by atoms with Crippen LogP contribution in [0.1, 0.15) is 6.99 Å². The predicted molar refractivity (Wildman–Crippen MR) is 59.0 cm³/mol. The number of hydrogen-bond acceptors (Lipinski definition) is 0. The van der Waals surface area contributed by atoms with Crippen molar-refractivity contribution in [2.45, 2.75) is 6.42 Å². The Balaban J connectivity index is 0.000000980. The molecule has 2 rings (SSSR count). The van der Waals surface area contributed by atoms with Crippen LogP contribution in [0.25, 0.3) is 10.8 Å². The minimum atomic E-state index is 0. The third-order valence-corrected chi connectivity index (χ3v) is 2.24. The van der Waals surface area contributed by atoms with Crippen molar-refractivity contribution in [1.82, 2.24) is 0 Å². The summed E-state index contributed by atoms with van der Waals surface area (Å²) < 4.78 is 0. The summed E-state index contributed by atoms with van der Waals surface area (Å²) in [5.74, 6) is 0. The van der Waals surface area contributed by atoms with Crippen LogP contribution >= 0.6 is 0 Å². The van der Waals surface area contributed by atoms with E-state index in [0.717, 1.165) is 6.42 Å². The molecule has 0 saturated carbocycles. The molecule has 0 heterocycles. The summed E-state index contributed by atoms with van der Waals surface area (Å²) in [6, 6.07) is 14.8. The zero-order valence-corrected chi connectivity index (χ0v) is 10.5. The third-order valence-electron chi connectivity index (χ3n) is 2.24. The van der Waals surface area contributed by atoms with Gasteiger partial charge in [-0.15, -0.1) is 6.58 Å². The topological polar surface area (TPSA) is 0 Å². The molecule has 0 unspecified atom stereocenters. The van der Waals surface area contributed by atoms with Crippen molar-refractivity contribution in [3.8, 4) is 0 Å². The maximum atomic E-state index is 3.76. The largest absolute Gasteiger partial charge is 1.00 e. The first-order valence-electron chi connectivity index (χ1n) is 4.49. The minimum Gasteiger partial charge on any atom is -1.00 e. The molecule has 0 nitrogen and oxygen atoms in total. The summed E-state index contributed by atoms with van der Waals surface area (Å²) in [6.45, 7) is 3.76. The Kier molecular flexibility index (Phi) is 4.40. The van der Waals surface area contributed by atoms with Gasteiger partial charge in [-0.25, -0.2) is 0 Å². The molecule has 0 bridgehead atoms. The molecule has 2 aromatic carbocycles. The molecule has 66 valence electrons. The van der Waals surface area contributed by atoms with Gasteiger partial charge in [-0.2, -0.15) is 0 Å². The Morgan fingerprint density at radius 3 is 2.57 bits per heavy atom. The summed E-state index contributed by atoms with van der Waals surface area (Å²) in [5, 5.41) is 2.65. The average Bonchev–Trinajstić information content (AvgIpc) is 2.19. The standard InChI is InChI=1S/C13H12.Na.H/c1-2-6-11-8-5-9-12-7-3-4-10-13(11)12;;/h2-5,7-10H,1,6H2;;/q;+1;-1. The van der Waals surface area contributed by atoms with E-state index in [-0.39, 0.29) is 31.0 Å². The van der Waals surface area contributed by atoms with Crippen molar-refractivity contribution < 1.29 is 31.0 Å². The van der Waals surface area contributed by atoms with Crippen LogP contribution in [-0.2, 0) is 6.42 Å². The minimum absolute atomic E-state index is 0. The van der Waals surface area contributed by atoms with Crippen LogP contribution in [0.4, 0.5) is 0 Å². The van der Waals surface area contributed by atoms with E-state index in [2.05, 4.69) is 49.0 Å². The predicted octanol–water partition coefficient (Wildman–Crippen LogP) is 0.685. The zero-order chi connectivity index (χ0) is 9.10. The first-order chi connectivity index (χ1) is 6.42. The molecule has 0 aromatic heterocycles. The molecule has 0 spiro atoms. The fraction of sp³-hybridized carbons (Fsp3) is 0.0769. The van der Waals surface area contributed by atoms with Gasteiger partial charge >= 0.3 is 29.6 Å². The summed E-state index contributed by atoms with van der Waals surface area (Å²) in [4.78, 5) is 0. The van der Waals surface area contributed by atoms with Gasteiger partial charge in [0.2, 0.25) is 0 Å². The number of fused-ring (bicyclic) bond motifs is 1. The van der Waals surface area contributed by atoms with Crippen molar-refractivity contribution in [2.75, 3.05) is 0 Å². The van der Waals surface area contributed by atoms with E-state index in [1.807, 2.05) is 6.08 Å². The first kappa shape index (κ1) is 11.5. The van der Waals surface area contributed by atoms with Crippen molar-refractivity contribution in [1.29, 1.82) is 0 Å². The quantitative estimate of drug-likeness (QED) is 0.485. The molecule has 0 aliphatic heterocycles. The second-order valence-corrected chi connectivity index (χ2v) is 3.13. The number of allylic oxidation sites excluding steroid dienone is 1. The Hall–Kier alpha value is -0.560. The van der Waals surface area contributed by atoms with E-state index in [1.54, 1.807) is 0 Å². The normalized spacial score (nSPS) is 9.43. The smallest absolute Gasteiger partial charge is 1.00 e. The van der Waals surface area contributed by atoms with Gasteiger partial charge in [-0.3, -0.25) is 0 Å². The molecule has 0 aliphatic carbocycles. The van der Waals surface area contributed by atoms with Crippen LogP contribution in [-0.4, -0.2) is 0 Å². The number of benzene rings is 2. The maximum Gasteiger partial charge on any atom is 1.00 e.